The van der Waals surface area contributed by atoms with Crippen LogP contribution in [0, 0.1) is 11.8 Å². The van der Waals surface area contributed by atoms with Gasteiger partial charge in [-0.25, -0.2) is 0 Å². The number of rotatable bonds is 4. The molecule has 1 aromatic carbocycles. The highest BCUT2D eigenvalue weighted by molar-refractivity contribution is 6.30. The summed E-state index contributed by atoms with van der Waals surface area (Å²) in [5, 5.41) is 3.21. The molecule has 0 spiro atoms. The molecule has 2 saturated heterocycles. The molecule has 3 aliphatic heterocycles. The van der Waals surface area contributed by atoms with Gasteiger partial charge in [0.15, 0.2) is 0 Å². The van der Waals surface area contributed by atoms with Gasteiger partial charge in [-0.15, -0.1) is 0 Å². The second-order valence-corrected chi connectivity index (χ2v) is 10.0. The average molecular weight is 464 g/mol. The van der Waals surface area contributed by atoms with Crippen molar-refractivity contribution in [1.82, 2.24) is 10.2 Å². The summed E-state index contributed by atoms with van der Waals surface area (Å²) in [4.78, 5) is 37.7. The van der Waals surface area contributed by atoms with E-state index in [1.165, 1.54) is 6.92 Å². The van der Waals surface area contributed by atoms with Gasteiger partial charge in [-0.3, -0.25) is 14.4 Å². The van der Waals surface area contributed by atoms with E-state index in [0.717, 1.165) is 17.7 Å². The number of amides is 3. The third-order valence-corrected chi connectivity index (χ3v) is 7.08. The predicted octanol–water partition coefficient (Wildman–Crippen LogP) is 2.19. The molecule has 0 aromatic heterocycles. The van der Waals surface area contributed by atoms with E-state index in [1.807, 2.05) is 18.2 Å². The van der Waals surface area contributed by atoms with Crippen LogP contribution in [0.25, 0.3) is 0 Å². The minimum absolute atomic E-state index is 0.0105. The Morgan fingerprint density at radius 3 is 2.78 bits per heavy atom. The van der Waals surface area contributed by atoms with Crippen LogP contribution in [-0.2, 0) is 19.1 Å². The molecule has 2 fully saturated rings. The number of piperidine rings is 1. The fraction of sp³-hybridized carbons (Fsp3) is 0.609. The maximum Gasteiger partial charge on any atom is 0.245 e. The number of hydrogen-bond donors (Lipinski definition) is 2. The molecular weight excluding hydrogens is 434 g/mol. The molecule has 4 rings (SSSR count). The van der Waals surface area contributed by atoms with Gasteiger partial charge in [-0.05, 0) is 44.9 Å². The zero-order valence-corrected chi connectivity index (χ0v) is 19.4. The fourth-order valence-corrected chi connectivity index (χ4v) is 5.53. The molecule has 0 radical (unpaired) electrons. The van der Waals surface area contributed by atoms with Gasteiger partial charge in [0.05, 0.1) is 18.6 Å². The number of nitrogens with one attached hydrogen (secondary N) is 1. The number of fused-ring (bicyclic) bond motifs is 4. The van der Waals surface area contributed by atoms with E-state index < -0.39 is 17.6 Å². The lowest BCUT2D eigenvalue weighted by molar-refractivity contribution is -0.189. The van der Waals surface area contributed by atoms with Gasteiger partial charge in [-0.1, -0.05) is 11.6 Å². The van der Waals surface area contributed by atoms with Gasteiger partial charge in [0, 0.05) is 42.4 Å². The summed E-state index contributed by atoms with van der Waals surface area (Å²) < 4.78 is 12.9. The smallest absolute Gasteiger partial charge is 0.245 e. The first-order chi connectivity index (χ1) is 15.0. The Labute approximate surface area is 192 Å². The molecule has 8 nitrogen and oxygen atoms in total. The Morgan fingerprint density at radius 1 is 1.34 bits per heavy atom. The molecule has 0 aliphatic carbocycles. The number of carbonyl (C=O) groups is 3. The number of likely N-dealkylation sites (tertiary alicyclic amines) is 1. The minimum Gasteiger partial charge on any atom is -0.487 e. The van der Waals surface area contributed by atoms with Crippen LogP contribution in [0.15, 0.2) is 18.2 Å². The van der Waals surface area contributed by atoms with Crippen LogP contribution in [-0.4, -0.2) is 53.5 Å². The first-order valence-corrected chi connectivity index (χ1v) is 11.4. The monoisotopic (exact) mass is 463 g/mol. The highest BCUT2D eigenvalue weighted by Gasteiger charge is 2.51. The highest BCUT2D eigenvalue weighted by atomic mass is 35.5. The molecule has 1 aromatic rings. The van der Waals surface area contributed by atoms with E-state index >= 15 is 0 Å². The normalized spacial score (nSPS) is 28.9. The Balaban J connectivity index is 1.52. The zero-order chi connectivity index (χ0) is 23.2. The van der Waals surface area contributed by atoms with Gasteiger partial charge < -0.3 is 25.4 Å². The summed E-state index contributed by atoms with van der Waals surface area (Å²) >= 11 is 6.25. The SMILES string of the molecule is CC(=O)N[C@H](CC(N)=O)C(=O)N1CC[C@@H]2O[C@@H]3c4cc(Cl)ccc4OC(C)(C)[C@H]3C[C@@H]2C1. The predicted molar refractivity (Wildman–Crippen MR) is 118 cm³/mol. The van der Waals surface area contributed by atoms with Gasteiger partial charge in [0.2, 0.25) is 17.7 Å². The Morgan fingerprint density at radius 2 is 2.09 bits per heavy atom. The van der Waals surface area contributed by atoms with Gasteiger partial charge >= 0.3 is 0 Å². The van der Waals surface area contributed by atoms with Gasteiger partial charge in [-0.2, -0.15) is 0 Å². The van der Waals surface area contributed by atoms with Gasteiger partial charge in [0.25, 0.3) is 0 Å². The van der Waals surface area contributed by atoms with E-state index in [1.54, 1.807) is 4.90 Å². The van der Waals surface area contributed by atoms with Gasteiger partial charge in [0.1, 0.15) is 17.4 Å². The van der Waals surface area contributed by atoms with Crippen molar-refractivity contribution in [3.05, 3.63) is 28.8 Å². The lowest BCUT2D eigenvalue weighted by Crippen LogP contribution is -2.58. The topological polar surface area (TPSA) is 111 Å². The maximum absolute atomic E-state index is 13.1. The molecule has 0 unspecified atom stereocenters. The van der Waals surface area contributed by atoms with Crippen molar-refractivity contribution in [2.75, 3.05) is 13.1 Å². The second-order valence-electron chi connectivity index (χ2n) is 9.58. The molecule has 0 bridgehead atoms. The Bertz CT molecular complexity index is 920. The van der Waals surface area contributed by atoms with E-state index in [9.17, 15) is 14.4 Å². The summed E-state index contributed by atoms with van der Waals surface area (Å²) in [5.74, 6) is -0.256. The zero-order valence-electron chi connectivity index (χ0n) is 18.6. The maximum atomic E-state index is 13.1. The lowest BCUT2D eigenvalue weighted by atomic mass is 9.70. The van der Waals surface area contributed by atoms with Crippen molar-refractivity contribution >= 4 is 29.3 Å². The lowest BCUT2D eigenvalue weighted by Gasteiger charge is -2.53. The fourth-order valence-electron chi connectivity index (χ4n) is 5.35. The third-order valence-electron chi connectivity index (χ3n) is 6.84. The molecule has 9 heteroatoms. The summed E-state index contributed by atoms with van der Waals surface area (Å²) in [5.41, 5.74) is 5.83. The van der Waals surface area contributed by atoms with Crippen molar-refractivity contribution in [3.8, 4) is 5.75 Å². The van der Waals surface area contributed by atoms with Crippen molar-refractivity contribution in [2.24, 2.45) is 17.6 Å². The van der Waals surface area contributed by atoms with Crippen LogP contribution >= 0.6 is 11.6 Å². The molecule has 5 atom stereocenters. The average Bonchev–Trinajstić information content (AvgIpc) is 2.71. The molecule has 174 valence electrons. The van der Waals surface area contributed by atoms with E-state index in [0.29, 0.717) is 24.5 Å². The van der Waals surface area contributed by atoms with Crippen LogP contribution < -0.4 is 15.8 Å². The number of primary amides is 1. The molecule has 0 saturated carbocycles. The number of nitrogens with two attached hydrogens (primary N) is 1. The first kappa shape index (κ1) is 22.9. The van der Waals surface area contributed by atoms with Crippen LogP contribution in [0.2, 0.25) is 5.02 Å². The number of carbonyl (C=O) groups excluding carboxylic acids is 3. The second kappa shape index (κ2) is 8.56. The quantitative estimate of drug-likeness (QED) is 0.711. The molecule has 3 heterocycles. The molecule has 3 aliphatic rings. The van der Waals surface area contributed by atoms with E-state index in [-0.39, 0.29) is 42.3 Å². The molecule has 32 heavy (non-hydrogen) atoms. The van der Waals surface area contributed by atoms with Crippen molar-refractivity contribution in [2.45, 2.75) is 63.9 Å². The summed E-state index contributed by atoms with van der Waals surface area (Å²) in [7, 11) is 0. The summed E-state index contributed by atoms with van der Waals surface area (Å²) in [6.07, 6.45) is 1.19. The highest BCUT2D eigenvalue weighted by Crippen LogP contribution is 2.53. The number of halogens is 1. The van der Waals surface area contributed by atoms with Crippen LogP contribution in [0.5, 0.6) is 5.75 Å². The number of nitrogens with zero attached hydrogens (tertiary/aromatic N) is 1. The largest absolute Gasteiger partial charge is 0.487 e. The number of ether oxygens (including phenoxy) is 2. The Kier molecular flexibility index (Phi) is 6.11. The number of hydrogen-bond acceptors (Lipinski definition) is 5. The molecule has 3 amide bonds. The minimum atomic E-state index is -0.942. The van der Waals surface area contributed by atoms with Crippen molar-refractivity contribution < 1.29 is 23.9 Å². The van der Waals surface area contributed by atoms with Crippen molar-refractivity contribution in [1.29, 1.82) is 0 Å². The molecular formula is C23H30ClN3O5. The van der Waals surface area contributed by atoms with Crippen LogP contribution in [0.1, 0.15) is 51.7 Å². The molecule has 3 N–H and O–H groups in total. The standard InChI is InChI=1S/C23H30ClN3O5/c1-12(28)26-17(10-20(25)29)22(30)27-7-6-18-13(11-27)8-16-21(31-18)15-9-14(24)4-5-19(15)32-23(16,2)3/h4-5,9,13,16-18,21H,6-8,10-11H2,1-3H3,(H2,25,29)(H,26,28)/t13-,16+,17-,18+,21-/m1/s1. The number of benzene rings is 1. The van der Waals surface area contributed by atoms with Crippen LogP contribution in [0.3, 0.4) is 0 Å². The van der Waals surface area contributed by atoms with E-state index in [4.69, 9.17) is 26.8 Å². The summed E-state index contributed by atoms with van der Waals surface area (Å²) in [6.45, 7) is 6.45. The summed E-state index contributed by atoms with van der Waals surface area (Å²) in [6, 6.07) is 4.70. The van der Waals surface area contributed by atoms with Crippen molar-refractivity contribution in [3.63, 3.8) is 0 Å². The van der Waals surface area contributed by atoms with E-state index in [2.05, 4.69) is 19.2 Å². The van der Waals surface area contributed by atoms with Crippen LogP contribution in [0.4, 0.5) is 0 Å². The first-order valence-electron chi connectivity index (χ1n) is 11.0. The third kappa shape index (κ3) is 4.43. The Hall–Kier alpha value is -2.32.